The van der Waals surface area contributed by atoms with Crippen LogP contribution in [0.15, 0.2) is 0 Å². The number of halogens is 18. The van der Waals surface area contributed by atoms with Crippen molar-refractivity contribution in [3.63, 3.8) is 0 Å². The van der Waals surface area contributed by atoms with Crippen LogP contribution in [0.1, 0.15) is 0 Å². The molecule has 0 aromatic heterocycles. The van der Waals surface area contributed by atoms with Crippen LogP contribution < -0.4 is 0 Å². The molecule has 0 aliphatic rings. The second-order valence-corrected chi connectivity index (χ2v) is 4.76. The van der Waals surface area contributed by atoms with E-state index >= 15 is 0 Å². The zero-order valence-electron chi connectivity index (χ0n) is 12.3. The monoisotopic (exact) mass is 484 g/mol. The smallest absolute Gasteiger partial charge is 0.267 e. The molecule has 0 spiro atoms. The van der Waals surface area contributed by atoms with Crippen LogP contribution in [0.5, 0.6) is 0 Å². The second-order valence-electron chi connectivity index (χ2n) is 4.76. The Bertz CT molecular complexity index is 573. The molecule has 0 saturated heterocycles. The van der Waals surface area contributed by atoms with Gasteiger partial charge in [0.05, 0.1) is 0 Å². The fraction of sp³-hybridized carbons (Fsp3) is 1.00. The van der Waals surface area contributed by atoms with Gasteiger partial charge in [0.2, 0.25) is 0 Å². The van der Waals surface area contributed by atoms with Crippen molar-refractivity contribution in [2.24, 2.45) is 0 Å². The lowest BCUT2D eigenvalue weighted by Gasteiger charge is -2.40. The largest absolute Gasteiger partial charge is 0.462 e. The van der Waals surface area contributed by atoms with E-state index in [9.17, 15) is 79.0 Å². The molecule has 0 amide bonds. The van der Waals surface area contributed by atoms with E-state index in [4.69, 9.17) is 0 Å². The lowest BCUT2D eigenvalue weighted by molar-refractivity contribution is -0.552. The average Bonchev–Trinajstić information content (AvgIpc) is 2.42. The molecule has 2 atom stereocenters. The summed E-state index contributed by atoms with van der Waals surface area (Å²) in [5.41, 5.74) is 0. The number of hydrogen-bond donors (Lipinski definition) is 0. The Labute approximate surface area is 145 Å². The van der Waals surface area contributed by atoms with Gasteiger partial charge in [-0.2, -0.15) is 74.6 Å². The minimum absolute atomic E-state index is 1.22. The topological polar surface area (TPSA) is 18.5 Å². The quantitative estimate of drug-likeness (QED) is 0.424. The Morgan fingerprint density at radius 1 is 0.448 bits per heavy atom. The van der Waals surface area contributed by atoms with E-state index < -0.39 is 55.1 Å². The molecule has 0 aliphatic heterocycles. The van der Waals surface area contributed by atoms with Crippen LogP contribution in [0.3, 0.4) is 0 Å². The molecule has 0 aromatic rings. The third-order valence-electron chi connectivity index (χ3n) is 2.61. The Morgan fingerprint density at radius 2 is 0.828 bits per heavy atom. The van der Waals surface area contributed by atoms with Crippen molar-refractivity contribution in [2.75, 3.05) is 6.67 Å². The summed E-state index contributed by atoms with van der Waals surface area (Å²) in [4.78, 5) is 0. The van der Waals surface area contributed by atoms with E-state index in [0.29, 0.717) is 0 Å². The van der Waals surface area contributed by atoms with E-state index in [-0.39, 0.29) is 0 Å². The summed E-state index contributed by atoms with van der Waals surface area (Å²) in [5.74, 6) is -22.4. The van der Waals surface area contributed by atoms with E-state index in [0.717, 1.165) is 0 Å². The predicted molar refractivity (Wildman–Crippen MR) is 48.8 cm³/mol. The fourth-order valence-corrected chi connectivity index (χ4v) is 1.12. The summed E-state index contributed by atoms with van der Waals surface area (Å²) < 4.78 is 227. The Kier molecular flexibility index (Phi) is 6.79. The molecule has 0 rings (SSSR count). The summed E-state index contributed by atoms with van der Waals surface area (Å²) in [5, 5.41) is 0. The standard InChI is InChI=1S/C9H2F18O2/c10-1-2(11,5(15,16)17)28-9(26,27)4(14,7(21,22)23)29-8(24,25)3(12,13)6(18,19)20/h1H2. The number of rotatable bonds is 7. The van der Waals surface area contributed by atoms with Gasteiger partial charge in [-0.1, -0.05) is 0 Å². The highest BCUT2D eigenvalue weighted by atomic mass is 19.4. The Balaban J connectivity index is 6.48. The van der Waals surface area contributed by atoms with Crippen LogP contribution in [-0.4, -0.2) is 55.1 Å². The van der Waals surface area contributed by atoms with Crippen LogP contribution in [-0.2, 0) is 9.47 Å². The van der Waals surface area contributed by atoms with Gasteiger partial charge in [-0.25, -0.2) is 4.39 Å². The van der Waals surface area contributed by atoms with Gasteiger partial charge in [0.15, 0.2) is 6.67 Å². The molecule has 2 nitrogen and oxygen atoms in total. The summed E-state index contributed by atoms with van der Waals surface area (Å²) >= 11 is 0. The van der Waals surface area contributed by atoms with E-state index in [1.54, 1.807) is 4.74 Å². The average molecular weight is 484 g/mol. The molecule has 0 bridgehead atoms. The molecule has 20 heteroatoms. The minimum atomic E-state index is -7.98. The van der Waals surface area contributed by atoms with Crippen molar-refractivity contribution >= 4 is 0 Å². The third-order valence-corrected chi connectivity index (χ3v) is 2.61. The van der Waals surface area contributed by atoms with Gasteiger partial charge in [-0.3, -0.25) is 9.47 Å². The highest BCUT2D eigenvalue weighted by Gasteiger charge is 2.85. The molecule has 0 saturated carbocycles. The number of ether oxygens (including phenoxy) is 2. The van der Waals surface area contributed by atoms with Gasteiger partial charge < -0.3 is 0 Å². The first kappa shape index (κ1) is 27.7. The maximum atomic E-state index is 13.5. The van der Waals surface area contributed by atoms with Crippen molar-refractivity contribution in [2.45, 2.75) is 48.4 Å². The molecule has 176 valence electrons. The summed E-state index contributed by atoms with van der Waals surface area (Å²) in [7, 11) is 0. The highest BCUT2D eigenvalue weighted by Crippen LogP contribution is 2.56. The molecular formula is C9H2F18O2. The van der Waals surface area contributed by atoms with Crippen molar-refractivity contribution < 1.29 is 88.5 Å². The lowest BCUT2D eigenvalue weighted by Crippen LogP contribution is -2.67. The van der Waals surface area contributed by atoms with Gasteiger partial charge in [0, 0.05) is 0 Å². The van der Waals surface area contributed by atoms with Crippen molar-refractivity contribution in [3.05, 3.63) is 0 Å². The maximum absolute atomic E-state index is 13.5. The first-order chi connectivity index (χ1) is 12.2. The molecule has 29 heavy (non-hydrogen) atoms. The molecule has 0 heterocycles. The van der Waals surface area contributed by atoms with Crippen molar-refractivity contribution in [1.29, 1.82) is 0 Å². The number of alkyl halides is 18. The maximum Gasteiger partial charge on any atom is 0.462 e. The summed E-state index contributed by atoms with van der Waals surface area (Å²) in [6, 6.07) is 0. The molecule has 0 radical (unpaired) electrons. The zero-order chi connectivity index (χ0) is 24.1. The van der Waals surface area contributed by atoms with E-state index in [1.807, 2.05) is 0 Å². The molecular weight excluding hydrogens is 482 g/mol. The Morgan fingerprint density at radius 3 is 1.07 bits per heavy atom. The van der Waals surface area contributed by atoms with Gasteiger partial charge >= 0.3 is 48.4 Å². The number of hydrogen-bond acceptors (Lipinski definition) is 2. The summed E-state index contributed by atoms with van der Waals surface area (Å²) in [6.45, 7) is -3.87. The predicted octanol–water partition coefficient (Wildman–Crippen LogP) is 5.83. The van der Waals surface area contributed by atoms with Crippen LogP contribution in [0.4, 0.5) is 79.0 Å². The van der Waals surface area contributed by atoms with Crippen molar-refractivity contribution in [3.8, 4) is 0 Å². The highest BCUT2D eigenvalue weighted by molar-refractivity contribution is 4.94. The van der Waals surface area contributed by atoms with E-state index in [1.165, 1.54) is 4.74 Å². The van der Waals surface area contributed by atoms with Crippen LogP contribution >= 0.6 is 0 Å². The van der Waals surface area contributed by atoms with Gasteiger partial charge in [-0.15, -0.1) is 0 Å². The zero-order valence-corrected chi connectivity index (χ0v) is 12.3. The fourth-order valence-electron chi connectivity index (χ4n) is 1.12. The van der Waals surface area contributed by atoms with Gasteiger partial charge in [0.1, 0.15) is 0 Å². The molecule has 0 fully saturated rings. The summed E-state index contributed by atoms with van der Waals surface area (Å²) in [6.07, 6.45) is -38.2. The normalized spacial score (nSPS) is 19.7. The van der Waals surface area contributed by atoms with E-state index in [2.05, 4.69) is 0 Å². The molecule has 0 aliphatic carbocycles. The lowest BCUT2D eigenvalue weighted by atomic mass is 10.2. The van der Waals surface area contributed by atoms with Gasteiger partial charge in [0.25, 0.3) is 0 Å². The molecule has 0 N–H and O–H groups in total. The van der Waals surface area contributed by atoms with Crippen LogP contribution in [0, 0.1) is 0 Å². The minimum Gasteiger partial charge on any atom is -0.267 e. The third kappa shape index (κ3) is 4.71. The molecule has 0 aromatic carbocycles. The van der Waals surface area contributed by atoms with Gasteiger partial charge in [-0.05, 0) is 0 Å². The van der Waals surface area contributed by atoms with Crippen LogP contribution in [0.25, 0.3) is 0 Å². The first-order valence-corrected chi connectivity index (χ1v) is 5.90. The van der Waals surface area contributed by atoms with Crippen molar-refractivity contribution in [1.82, 2.24) is 0 Å². The molecule has 2 unspecified atom stereocenters. The Hall–Kier alpha value is -1.34. The SMILES string of the molecule is FCC(F)(OC(F)(F)C(F)(OC(F)(F)C(F)(F)C(F)(F)F)C(F)(F)F)C(F)(F)F. The first-order valence-electron chi connectivity index (χ1n) is 5.90. The second kappa shape index (κ2) is 7.12. The van der Waals surface area contributed by atoms with Crippen LogP contribution in [0.2, 0.25) is 0 Å².